The van der Waals surface area contributed by atoms with E-state index in [9.17, 15) is 13.2 Å². The number of hydrazine groups is 1. The molecule has 0 atom stereocenters. The van der Waals surface area contributed by atoms with Crippen LogP contribution in [0.5, 0.6) is 0 Å². The van der Waals surface area contributed by atoms with Gasteiger partial charge in [0.25, 0.3) is 0 Å². The molecule has 0 bridgehead atoms. The molecule has 0 unspecified atom stereocenters. The molecule has 2 N–H and O–H groups in total. The number of hydrogen-bond acceptors (Lipinski definition) is 5. The highest BCUT2D eigenvalue weighted by Crippen LogP contribution is 2.09. The molecule has 1 aliphatic rings. The number of nitrogens with one attached hydrogen (secondary N) is 2. The lowest BCUT2D eigenvalue weighted by Crippen LogP contribution is -2.52. The fourth-order valence-electron chi connectivity index (χ4n) is 2.25. The first-order valence-electron chi connectivity index (χ1n) is 7.66. The van der Waals surface area contributed by atoms with Crippen LogP contribution < -0.4 is 10.1 Å². The third kappa shape index (κ3) is 5.58. The second-order valence-corrected chi connectivity index (χ2v) is 7.55. The molecule has 0 radical (unpaired) electrons. The van der Waals surface area contributed by atoms with Gasteiger partial charge in [-0.15, -0.1) is 0 Å². The van der Waals surface area contributed by atoms with Gasteiger partial charge in [-0.3, -0.25) is 10.2 Å². The smallest absolute Gasteiger partial charge is 0.240 e. The second kappa shape index (κ2) is 7.87. The van der Waals surface area contributed by atoms with E-state index in [2.05, 4.69) is 15.0 Å². The lowest BCUT2D eigenvalue weighted by molar-refractivity contribution is -0.126. The Hall–Kier alpha value is -1.48. The maximum Gasteiger partial charge on any atom is 0.240 e. The van der Waals surface area contributed by atoms with Crippen molar-refractivity contribution >= 4 is 15.9 Å². The predicted octanol–water partition coefficient (Wildman–Crippen LogP) is -0.0580. The Bertz CT molecular complexity index is 623. The monoisotopic (exact) mass is 340 g/mol. The summed E-state index contributed by atoms with van der Waals surface area (Å²) in [5.41, 5.74) is 3.80. The van der Waals surface area contributed by atoms with E-state index in [1.54, 1.807) is 24.3 Å². The van der Waals surface area contributed by atoms with E-state index >= 15 is 0 Å². The summed E-state index contributed by atoms with van der Waals surface area (Å²) >= 11 is 0. The normalized spacial score (nSPS) is 17.1. The number of hydrogen-bond donors (Lipinski definition) is 2. The summed E-state index contributed by atoms with van der Waals surface area (Å²) in [7, 11) is -1.52. The summed E-state index contributed by atoms with van der Waals surface area (Å²) in [5.74, 6) is -0.179. The molecule has 1 aromatic rings. The molecule has 0 spiro atoms. The molecule has 1 aromatic carbocycles. The van der Waals surface area contributed by atoms with Gasteiger partial charge in [-0.05, 0) is 26.1 Å². The second-order valence-electron chi connectivity index (χ2n) is 5.79. The Morgan fingerprint density at radius 3 is 2.35 bits per heavy atom. The summed E-state index contributed by atoms with van der Waals surface area (Å²) in [6.45, 7) is 5.33. The van der Waals surface area contributed by atoms with Crippen molar-refractivity contribution < 1.29 is 13.2 Å². The zero-order valence-electron chi connectivity index (χ0n) is 13.6. The molecule has 0 saturated carbocycles. The van der Waals surface area contributed by atoms with Crippen LogP contribution in [0.25, 0.3) is 0 Å². The van der Waals surface area contributed by atoms with E-state index in [4.69, 9.17) is 0 Å². The number of carbonyl (C=O) groups is 1. The molecule has 23 heavy (non-hydrogen) atoms. The zero-order chi connectivity index (χ0) is 16.9. The van der Waals surface area contributed by atoms with Gasteiger partial charge < -0.3 is 4.90 Å². The van der Waals surface area contributed by atoms with Gasteiger partial charge in [-0.1, -0.05) is 17.7 Å². The number of carbonyl (C=O) groups excluding carboxylic acids is 1. The molecule has 0 aliphatic carbocycles. The van der Waals surface area contributed by atoms with Crippen LogP contribution in [0.15, 0.2) is 29.2 Å². The molecule has 1 aliphatic heterocycles. The summed E-state index contributed by atoms with van der Waals surface area (Å²) < 4.78 is 26.6. The quantitative estimate of drug-likeness (QED) is 0.758. The van der Waals surface area contributed by atoms with Crippen molar-refractivity contribution in [2.24, 2.45) is 0 Å². The van der Waals surface area contributed by atoms with Crippen molar-refractivity contribution in [3.05, 3.63) is 29.8 Å². The van der Waals surface area contributed by atoms with E-state index in [0.717, 1.165) is 31.7 Å². The lowest BCUT2D eigenvalue weighted by Gasteiger charge is -2.32. The Kier molecular flexibility index (Phi) is 6.11. The predicted molar refractivity (Wildman–Crippen MR) is 88.2 cm³/mol. The first kappa shape index (κ1) is 17.9. The van der Waals surface area contributed by atoms with Gasteiger partial charge in [0.2, 0.25) is 15.9 Å². The zero-order valence-corrected chi connectivity index (χ0v) is 14.4. The molecule has 1 saturated heterocycles. The summed E-state index contributed by atoms with van der Waals surface area (Å²) in [5, 5.41) is 1.87. The average Bonchev–Trinajstić information content (AvgIpc) is 2.50. The third-order valence-corrected chi connectivity index (χ3v) is 5.24. The summed E-state index contributed by atoms with van der Waals surface area (Å²) in [6, 6.07) is 6.60. The molecule has 1 fully saturated rings. The molecule has 0 aromatic heterocycles. The molecular formula is C15H24N4O3S. The number of sulfonamides is 1. The van der Waals surface area contributed by atoms with Crippen molar-refractivity contribution in [2.45, 2.75) is 18.2 Å². The van der Waals surface area contributed by atoms with Gasteiger partial charge in [-0.25, -0.2) is 18.1 Å². The number of aryl methyl sites for hydroxylation is 1. The largest absolute Gasteiger partial charge is 0.304 e. The van der Waals surface area contributed by atoms with Crippen LogP contribution >= 0.6 is 0 Å². The van der Waals surface area contributed by atoms with Crippen LogP contribution in [0.2, 0.25) is 0 Å². The Balaban J connectivity index is 1.75. The standard InChI is InChI=1S/C15H24N4O3S/c1-13-3-5-14(6-4-13)23(21,22)16-8-7-15(20)17-19-11-9-18(2)10-12-19/h3-6,16H,7-12H2,1-2H3,(H,17,20). The average molecular weight is 340 g/mol. The topological polar surface area (TPSA) is 81.7 Å². The van der Waals surface area contributed by atoms with Crippen molar-refractivity contribution in [1.82, 2.24) is 20.1 Å². The van der Waals surface area contributed by atoms with E-state index in [0.29, 0.717) is 0 Å². The number of piperazine rings is 1. The van der Waals surface area contributed by atoms with Gasteiger partial charge in [0.05, 0.1) is 4.90 Å². The van der Waals surface area contributed by atoms with Gasteiger partial charge >= 0.3 is 0 Å². The number of benzene rings is 1. The van der Waals surface area contributed by atoms with Crippen LogP contribution in [0.3, 0.4) is 0 Å². The van der Waals surface area contributed by atoms with Crippen LogP contribution in [0.1, 0.15) is 12.0 Å². The van der Waals surface area contributed by atoms with Crippen LogP contribution in [0, 0.1) is 6.92 Å². The van der Waals surface area contributed by atoms with Gasteiger partial charge in [0.1, 0.15) is 0 Å². The molecular weight excluding hydrogens is 316 g/mol. The maximum atomic E-state index is 12.1. The minimum absolute atomic E-state index is 0.0792. The number of amides is 1. The number of likely N-dealkylation sites (N-methyl/N-ethyl adjacent to an activating group) is 1. The molecule has 128 valence electrons. The molecule has 1 amide bonds. The Morgan fingerprint density at radius 2 is 1.74 bits per heavy atom. The van der Waals surface area contributed by atoms with Crippen molar-refractivity contribution in [2.75, 3.05) is 39.8 Å². The van der Waals surface area contributed by atoms with E-state index in [1.807, 2.05) is 19.0 Å². The van der Waals surface area contributed by atoms with Gasteiger partial charge in [0, 0.05) is 39.1 Å². The maximum absolute atomic E-state index is 12.1. The highest BCUT2D eigenvalue weighted by Gasteiger charge is 2.17. The molecule has 7 nitrogen and oxygen atoms in total. The summed E-state index contributed by atoms with van der Waals surface area (Å²) in [4.78, 5) is 14.3. The fourth-order valence-corrected chi connectivity index (χ4v) is 3.28. The summed E-state index contributed by atoms with van der Waals surface area (Å²) in [6.07, 6.45) is 0.109. The first-order valence-corrected chi connectivity index (χ1v) is 9.14. The number of nitrogens with zero attached hydrogens (tertiary/aromatic N) is 2. The highest BCUT2D eigenvalue weighted by atomic mass is 32.2. The SMILES string of the molecule is Cc1ccc(S(=O)(=O)NCCC(=O)NN2CCN(C)CC2)cc1. The Labute approximate surface area is 137 Å². The molecule has 1 heterocycles. The highest BCUT2D eigenvalue weighted by molar-refractivity contribution is 7.89. The Morgan fingerprint density at radius 1 is 1.13 bits per heavy atom. The van der Waals surface area contributed by atoms with Crippen LogP contribution in [-0.4, -0.2) is 64.0 Å². The van der Waals surface area contributed by atoms with Gasteiger partial charge in [0.15, 0.2) is 0 Å². The third-order valence-electron chi connectivity index (χ3n) is 3.76. The van der Waals surface area contributed by atoms with Crippen molar-refractivity contribution in [1.29, 1.82) is 0 Å². The van der Waals surface area contributed by atoms with E-state index in [-0.39, 0.29) is 23.8 Å². The molecule has 8 heteroatoms. The minimum Gasteiger partial charge on any atom is -0.304 e. The van der Waals surface area contributed by atoms with E-state index < -0.39 is 10.0 Å². The fraction of sp³-hybridized carbons (Fsp3) is 0.533. The van der Waals surface area contributed by atoms with Crippen molar-refractivity contribution in [3.8, 4) is 0 Å². The lowest BCUT2D eigenvalue weighted by atomic mass is 10.2. The van der Waals surface area contributed by atoms with E-state index in [1.165, 1.54) is 0 Å². The minimum atomic E-state index is -3.56. The van der Waals surface area contributed by atoms with Crippen LogP contribution in [0.4, 0.5) is 0 Å². The first-order chi connectivity index (χ1) is 10.9. The number of rotatable bonds is 6. The van der Waals surface area contributed by atoms with Crippen LogP contribution in [-0.2, 0) is 14.8 Å². The van der Waals surface area contributed by atoms with Gasteiger partial charge in [-0.2, -0.15) is 0 Å². The van der Waals surface area contributed by atoms with Crippen molar-refractivity contribution in [3.63, 3.8) is 0 Å². The molecule has 2 rings (SSSR count).